The van der Waals surface area contributed by atoms with Crippen molar-refractivity contribution in [1.82, 2.24) is 0 Å². The van der Waals surface area contributed by atoms with Crippen LogP contribution in [-0.2, 0) is 0 Å². The van der Waals surface area contributed by atoms with E-state index >= 15 is 0 Å². The highest BCUT2D eigenvalue weighted by Gasteiger charge is 2.22. The number of thioether (sulfide) groups is 1. The van der Waals surface area contributed by atoms with Crippen LogP contribution >= 0.6 is 11.8 Å². The van der Waals surface area contributed by atoms with Gasteiger partial charge in [-0.15, -0.1) is 11.8 Å². The maximum absolute atomic E-state index is 12.5. The second-order valence-corrected chi connectivity index (χ2v) is 5.39. The zero-order valence-electron chi connectivity index (χ0n) is 11.5. The van der Waals surface area contributed by atoms with Gasteiger partial charge in [0.25, 0.3) is 0 Å². The van der Waals surface area contributed by atoms with Gasteiger partial charge < -0.3 is 0 Å². The number of hydrogen-bond acceptors (Lipinski definition) is 3. The first-order valence-corrected chi connectivity index (χ1v) is 7.53. The predicted octanol–water partition coefficient (Wildman–Crippen LogP) is 4.21. The minimum absolute atomic E-state index is 0.144. The van der Waals surface area contributed by atoms with Gasteiger partial charge in [-0.3, -0.25) is 4.79 Å². The molecule has 100 valence electrons. The van der Waals surface area contributed by atoms with Gasteiger partial charge in [0, 0.05) is 10.5 Å². The molecule has 0 aliphatic carbocycles. The van der Waals surface area contributed by atoms with Crippen LogP contribution in [0.2, 0.25) is 0 Å². The van der Waals surface area contributed by atoms with Crippen LogP contribution in [0.4, 0.5) is 0 Å². The number of ketones is 1. The largest absolute Gasteiger partial charge is 0.292 e. The van der Waals surface area contributed by atoms with Gasteiger partial charge in [-0.05, 0) is 36.4 Å². The fourth-order valence-electron chi connectivity index (χ4n) is 2.10. The Morgan fingerprint density at radius 2 is 1.80 bits per heavy atom. The normalized spacial score (nSPS) is 11.7. The highest BCUT2D eigenvalue weighted by atomic mass is 32.2. The molecule has 2 aromatic rings. The third-order valence-electron chi connectivity index (χ3n) is 3.27. The lowest BCUT2D eigenvalue weighted by molar-refractivity contribution is 0.0978. The molecule has 0 N–H and O–H groups in total. The minimum Gasteiger partial charge on any atom is -0.292 e. The number of rotatable bonds is 4. The number of carbonyl (C=O) groups excluding carboxylic acids is 1. The molecule has 0 aliphatic rings. The van der Waals surface area contributed by atoms with Crippen LogP contribution in [0.15, 0.2) is 53.4 Å². The molecule has 0 aliphatic heterocycles. The summed E-state index contributed by atoms with van der Waals surface area (Å²) in [6, 6.07) is 17.1. The fraction of sp³-hybridized carbons (Fsp3) is 0.176. The van der Waals surface area contributed by atoms with E-state index in [1.54, 1.807) is 23.9 Å². The first kappa shape index (κ1) is 14.4. The quantitative estimate of drug-likeness (QED) is 0.622. The van der Waals surface area contributed by atoms with Crippen LogP contribution < -0.4 is 0 Å². The van der Waals surface area contributed by atoms with Crippen LogP contribution in [0, 0.1) is 18.3 Å². The van der Waals surface area contributed by atoms with E-state index in [2.05, 4.69) is 6.07 Å². The molecule has 2 aromatic carbocycles. The first-order chi connectivity index (χ1) is 9.67. The van der Waals surface area contributed by atoms with E-state index in [0.29, 0.717) is 5.56 Å². The minimum atomic E-state index is -0.740. The Morgan fingerprint density at radius 1 is 1.15 bits per heavy atom. The average molecular weight is 281 g/mol. The van der Waals surface area contributed by atoms with Gasteiger partial charge >= 0.3 is 0 Å². The van der Waals surface area contributed by atoms with Crippen LogP contribution in [0.3, 0.4) is 0 Å². The highest BCUT2D eigenvalue weighted by molar-refractivity contribution is 7.98. The molecular weight excluding hydrogens is 266 g/mol. The van der Waals surface area contributed by atoms with E-state index in [9.17, 15) is 10.1 Å². The smallest absolute Gasteiger partial charge is 0.184 e. The maximum Gasteiger partial charge on any atom is 0.184 e. The third-order valence-corrected chi connectivity index (χ3v) is 4.01. The van der Waals surface area contributed by atoms with Gasteiger partial charge in [-0.25, -0.2) is 0 Å². The zero-order valence-corrected chi connectivity index (χ0v) is 12.3. The third kappa shape index (κ3) is 2.92. The molecule has 2 nitrogen and oxygen atoms in total. The Hall–Kier alpha value is -2.05. The summed E-state index contributed by atoms with van der Waals surface area (Å²) in [7, 11) is 0. The summed E-state index contributed by atoms with van der Waals surface area (Å²) >= 11 is 1.63. The van der Waals surface area contributed by atoms with Gasteiger partial charge in [-0.1, -0.05) is 36.4 Å². The Balaban J connectivity index is 2.35. The fourth-order valence-corrected chi connectivity index (χ4v) is 2.51. The van der Waals surface area contributed by atoms with Crippen LogP contribution in [0.25, 0.3) is 0 Å². The van der Waals surface area contributed by atoms with E-state index in [-0.39, 0.29) is 5.78 Å². The van der Waals surface area contributed by atoms with Gasteiger partial charge in [0.2, 0.25) is 0 Å². The monoisotopic (exact) mass is 281 g/mol. The van der Waals surface area contributed by atoms with Crippen molar-refractivity contribution < 1.29 is 4.79 Å². The number of nitrogens with zero attached hydrogens (tertiary/aromatic N) is 1. The summed E-state index contributed by atoms with van der Waals surface area (Å²) < 4.78 is 0. The molecule has 0 saturated carbocycles. The lowest BCUT2D eigenvalue weighted by atomic mass is 9.89. The SMILES string of the molecule is CSc1ccc(C(=O)C(C#N)c2ccccc2C)cc1. The Morgan fingerprint density at radius 3 is 2.35 bits per heavy atom. The molecular formula is C17H15NOS. The number of nitriles is 1. The summed E-state index contributed by atoms with van der Waals surface area (Å²) in [5, 5.41) is 9.36. The molecule has 20 heavy (non-hydrogen) atoms. The lowest BCUT2D eigenvalue weighted by Crippen LogP contribution is -2.12. The molecule has 0 bridgehead atoms. The molecule has 3 heteroatoms. The van der Waals surface area contributed by atoms with E-state index in [0.717, 1.165) is 16.0 Å². The molecule has 0 spiro atoms. The molecule has 2 rings (SSSR count). The van der Waals surface area contributed by atoms with Crippen molar-refractivity contribution in [2.75, 3.05) is 6.26 Å². The Bertz CT molecular complexity index is 655. The maximum atomic E-state index is 12.5. The standard InChI is InChI=1S/C17H15NOS/c1-12-5-3-4-6-15(12)16(11-18)17(19)13-7-9-14(20-2)10-8-13/h3-10,16H,1-2H3. The van der Waals surface area contributed by atoms with Gasteiger partial charge in [0.1, 0.15) is 5.92 Å². The molecule has 0 radical (unpaired) electrons. The second-order valence-electron chi connectivity index (χ2n) is 4.51. The van der Waals surface area contributed by atoms with Gasteiger partial charge in [0.05, 0.1) is 6.07 Å². The molecule has 1 unspecified atom stereocenters. The van der Waals surface area contributed by atoms with Crippen molar-refractivity contribution in [3.63, 3.8) is 0 Å². The Kier molecular flexibility index (Phi) is 4.60. The lowest BCUT2D eigenvalue weighted by Gasteiger charge is -2.11. The van der Waals surface area contributed by atoms with E-state index in [1.807, 2.05) is 49.6 Å². The van der Waals surface area contributed by atoms with E-state index in [1.165, 1.54) is 0 Å². The van der Waals surface area contributed by atoms with Gasteiger partial charge in [-0.2, -0.15) is 5.26 Å². The van der Waals surface area contributed by atoms with Gasteiger partial charge in [0.15, 0.2) is 5.78 Å². The molecule has 1 atom stereocenters. The van der Waals surface area contributed by atoms with Crippen molar-refractivity contribution in [1.29, 1.82) is 5.26 Å². The molecule has 0 aromatic heterocycles. The molecule has 0 amide bonds. The highest BCUT2D eigenvalue weighted by Crippen LogP contribution is 2.24. The topological polar surface area (TPSA) is 40.9 Å². The molecule has 0 heterocycles. The molecule has 0 saturated heterocycles. The van der Waals surface area contributed by atoms with Crippen molar-refractivity contribution >= 4 is 17.5 Å². The van der Waals surface area contributed by atoms with Crippen LogP contribution in [0.5, 0.6) is 0 Å². The summed E-state index contributed by atoms with van der Waals surface area (Å²) in [4.78, 5) is 13.6. The Labute approximate surface area is 123 Å². The second kappa shape index (κ2) is 6.40. The summed E-state index contributed by atoms with van der Waals surface area (Å²) in [5.41, 5.74) is 2.33. The number of benzene rings is 2. The van der Waals surface area contributed by atoms with Crippen molar-refractivity contribution in [2.45, 2.75) is 17.7 Å². The summed E-state index contributed by atoms with van der Waals surface area (Å²) in [6.45, 7) is 1.92. The van der Waals surface area contributed by atoms with Crippen molar-refractivity contribution in [3.05, 3.63) is 65.2 Å². The summed E-state index contributed by atoms with van der Waals surface area (Å²) in [5.74, 6) is -0.884. The number of aryl methyl sites for hydroxylation is 1. The number of carbonyl (C=O) groups is 1. The summed E-state index contributed by atoms with van der Waals surface area (Å²) in [6.07, 6.45) is 1.99. The van der Waals surface area contributed by atoms with Crippen LogP contribution in [0.1, 0.15) is 27.4 Å². The first-order valence-electron chi connectivity index (χ1n) is 6.30. The average Bonchev–Trinajstić information content (AvgIpc) is 2.50. The zero-order chi connectivity index (χ0) is 14.5. The van der Waals surface area contributed by atoms with Crippen molar-refractivity contribution in [2.24, 2.45) is 0 Å². The van der Waals surface area contributed by atoms with E-state index in [4.69, 9.17) is 0 Å². The number of hydrogen-bond donors (Lipinski definition) is 0. The number of Topliss-reactive ketones (excluding diaryl/α,β-unsaturated/α-hetero) is 1. The molecule has 0 fully saturated rings. The van der Waals surface area contributed by atoms with E-state index < -0.39 is 5.92 Å². The van der Waals surface area contributed by atoms with Crippen LogP contribution in [-0.4, -0.2) is 12.0 Å². The predicted molar refractivity (Wildman–Crippen MR) is 82.1 cm³/mol. The van der Waals surface area contributed by atoms with Crippen molar-refractivity contribution in [3.8, 4) is 6.07 Å².